The summed E-state index contributed by atoms with van der Waals surface area (Å²) in [5.74, 6) is 1.45. The Bertz CT molecular complexity index is 587. The zero-order chi connectivity index (χ0) is 15.9. The number of hydrogen-bond acceptors (Lipinski definition) is 2. The van der Waals surface area contributed by atoms with Gasteiger partial charge in [-0.05, 0) is 61.8 Å². The summed E-state index contributed by atoms with van der Waals surface area (Å²) >= 11 is 0. The molecule has 2 nitrogen and oxygen atoms in total. The number of ether oxygens (including phenoxy) is 1. The normalized spacial score (nSPS) is 11.6. The van der Waals surface area contributed by atoms with E-state index >= 15 is 0 Å². The smallest absolute Gasteiger partial charge is 0.160 e. The van der Waals surface area contributed by atoms with Gasteiger partial charge in [0.05, 0.1) is 7.11 Å². The molecule has 0 saturated heterocycles. The highest BCUT2D eigenvalue weighted by Gasteiger charge is 2.06. The van der Waals surface area contributed by atoms with Crippen molar-refractivity contribution in [3.8, 4) is 11.5 Å². The second kappa shape index (κ2) is 9.24. The van der Waals surface area contributed by atoms with E-state index in [-0.39, 0.29) is 13.2 Å². The number of aromatic hydroxyl groups is 1. The van der Waals surface area contributed by atoms with Crippen LogP contribution < -0.4 is 4.74 Å². The molecule has 126 valence electrons. The van der Waals surface area contributed by atoms with Gasteiger partial charge in [0.25, 0.3) is 0 Å². The van der Waals surface area contributed by atoms with E-state index in [1.165, 1.54) is 23.1 Å². The predicted octanol–water partition coefficient (Wildman–Crippen LogP) is 5.55. The van der Waals surface area contributed by atoms with E-state index in [1.807, 2.05) is 12.1 Å². The number of phenols is 1. The summed E-state index contributed by atoms with van der Waals surface area (Å²) in [6.07, 6.45) is 4.52. The molecular weight excluding hydrogens is 284 g/mol. The van der Waals surface area contributed by atoms with Crippen LogP contribution in [-0.4, -0.2) is 12.2 Å². The Morgan fingerprint density at radius 1 is 0.957 bits per heavy atom. The molecule has 0 saturated carbocycles. The van der Waals surface area contributed by atoms with E-state index in [9.17, 15) is 5.11 Å². The summed E-state index contributed by atoms with van der Waals surface area (Å²) < 4.78 is 5.16. The third-order valence-corrected chi connectivity index (χ3v) is 4.22. The highest BCUT2D eigenvalue weighted by Crippen LogP contribution is 2.27. The third-order valence-electron chi connectivity index (χ3n) is 4.22. The second-order valence-corrected chi connectivity index (χ2v) is 6.17. The third kappa shape index (κ3) is 5.97. The van der Waals surface area contributed by atoms with Gasteiger partial charge in [0, 0.05) is 0 Å². The molecular formula is C21H30O2. The number of rotatable bonds is 7. The van der Waals surface area contributed by atoms with Crippen LogP contribution in [-0.2, 0) is 12.8 Å². The maximum absolute atomic E-state index is 9.62. The molecule has 1 N–H and O–H groups in total. The van der Waals surface area contributed by atoms with Gasteiger partial charge >= 0.3 is 0 Å². The summed E-state index contributed by atoms with van der Waals surface area (Å²) in [6, 6.07) is 14.4. The van der Waals surface area contributed by atoms with Gasteiger partial charge < -0.3 is 9.84 Å². The van der Waals surface area contributed by atoms with Gasteiger partial charge in [-0.2, -0.15) is 0 Å². The van der Waals surface area contributed by atoms with Crippen LogP contribution in [0.5, 0.6) is 11.5 Å². The van der Waals surface area contributed by atoms with Crippen molar-refractivity contribution in [2.45, 2.75) is 47.0 Å². The van der Waals surface area contributed by atoms with Gasteiger partial charge in [-0.25, -0.2) is 0 Å². The van der Waals surface area contributed by atoms with Crippen molar-refractivity contribution in [2.24, 2.45) is 5.92 Å². The first-order valence-electron chi connectivity index (χ1n) is 8.00. The molecule has 0 spiro atoms. The summed E-state index contributed by atoms with van der Waals surface area (Å²) in [5, 5.41) is 9.62. The minimum Gasteiger partial charge on any atom is -0.504 e. The molecule has 1 atom stereocenters. The first-order valence-corrected chi connectivity index (χ1v) is 8.00. The lowest BCUT2D eigenvalue weighted by Crippen LogP contribution is -2.00. The fourth-order valence-electron chi connectivity index (χ4n) is 2.60. The molecule has 2 aromatic rings. The molecule has 0 fully saturated rings. The van der Waals surface area contributed by atoms with Gasteiger partial charge in [-0.1, -0.05) is 50.2 Å². The Labute approximate surface area is 141 Å². The van der Waals surface area contributed by atoms with Crippen LogP contribution >= 0.6 is 0 Å². The molecule has 2 heteroatoms. The minimum absolute atomic E-state index is 0. The van der Waals surface area contributed by atoms with Crippen LogP contribution in [0.3, 0.4) is 0 Å². The van der Waals surface area contributed by atoms with Crippen LogP contribution in [0.2, 0.25) is 0 Å². The molecule has 0 radical (unpaired) electrons. The Morgan fingerprint density at radius 3 is 2.13 bits per heavy atom. The molecule has 0 aromatic heterocycles. The van der Waals surface area contributed by atoms with Crippen molar-refractivity contribution in [3.63, 3.8) is 0 Å². The van der Waals surface area contributed by atoms with Crippen molar-refractivity contribution in [1.29, 1.82) is 0 Å². The Morgan fingerprint density at radius 2 is 1.52 bits per heavy atom. The van der Waals surface area contributed by atoms with Crippen molar-refractivity contribution in [1.82, 2.24) is 0 Å². The molecule has 0 aliphatic rings. The Kier molecular flexibility index (Phi) is 7.67. The lowest BCUT2D eigenvalue weighted by molar-refractivity contribution is 0.372. The van der Waals surface area contributed by atoms with E-state index in [1.54, 1.807) is 13.2 Å². The average Bonchev–Trinajstić information content (AvgIpc) is 2.53. The van der Waals surface area contributed by atoms with E-state index in [4.69, 9.17) is 4.74 Å². The van der Waals surface area contributed by atoms with E-state index in [0.717, 1.165) is 19.3 Å². The van der Waals surface area contributed by atoms with Crippen LogP contribution in [0.15, 0.2) is 42.5 Å². The molecule has 0 amide bonds. The molecule has 0 aliphatic heterocycles. The molecule has 1 unspecified atom stereocenters. The number of benzene rings is 2. The van der Waals surface area contributed by atoms with E-state index < -0.39 is 0 Å². The van der Waals surface area contributed by atoms with Crippen molar-refractivity contribution >= 4 is 0 Å². The lowest BCUT2D eigenvalue weighted by Gasteiger charge is -2.12. The van der Waals surface area contributed by atoms with Gasteiger partial charge in [0.1, 0.15) is 0 Å². The van der Waals surface area contributed by atoms with Crippen molar-refractivity contribution < 1.29 is 9.84 Å². The second-order valence-electron chi connectivity index (χ2n) is 6.17. The fourth-order valence-corrected chi connectivity index (χ4v) is 2.60. The number of phenolic OH excluding ortho intramolecular Hbond substituents is 1. The predicted molar refractivity (Wildman–Crippen MR) is 98.4 cm³/mol. The van der Waals surface area contributed by atoms with Crippen LogP contribution in [0.4, 0.5) is 0 Å². The minimum atomic E-state index is 0. The highest BCUT2D eigenvalue weighted by molar-refractivity contribution is 5.41. The van der Waals surface area contributed by atoms with Crippen LogP contribution in [0, 0.1) is 12.8 Å². The maximum atomic E-state index is 9.62. The zero-order valence-corrected chi connectivity index (χ0v) is 13.8. The standard InChI is InChI=1S/C20H26O2.CH4/c1-15-4-8-17(9-5-15)10-6-16(2)7-11-18-12-13-19(21)20(14-18)22-3;/h4-5,8-9,12-14,16,21H,6-7,10-11H2,1-3H3;1H4. The average molecular weight is 314 g/mol. The van der Waals surface area contributed by atoms with Crippen molar-refractivity contribution in [2.75, 3.05) is 7.11 Å². The SMILES string of the molecule is C.COc1cc(CCC(C)CCc2ccc(C)cc2)ccc1O. The van der Waals surface area contributed by atoms with Crippen LogP contribution in [0.1, 0.15) is 43.9 Å². The lowest BCUT2D eigenvalue weighted by atomic mass is 9.94. The van der Waals surface area contributed by atoms with E-state index in [0.29, 0.717) is 11.7 Å². The monoisotopic (exact) mass is 314 g/mol. The van der Waals surface area contributed by atoms with Crippen molar-refractivity contribution in [3.05, 3.63) is 59.2 Å². The molecule has 0 bridgehead atoms. The highest BCUT2D eigenvalue weighted by atomic mass is 16.5. The zero-order valence-electron chi connectivity index (χ0n) is 13.8. The van der Waals surface area contributed by atoms with Gasteiger partial charge in [-0.15, -0.1) is 0 Å². The first kappa shape index (κ1) is 19.1. The Balaban J connectivity index is 0.00000264. The quantitative estimate of drug-likeness (QED) is 0.726. The number of methoxy groups -OCH3 is 1. The van der Waals surface area contributed by atoms with Gasteiger partial charge in [0.15, 0.2) is 11.5 Å². The van der Waals surface area contributed by atoms with Gasteiger partial charge in [0.2, 0.25) is 0 Å². The molecule has 2 aromatic carbocycles. The summed E-state index contributed by atoms with van der Waals surface area (Å²) in [5.41, 5.74) is 3.96. The van der Waals surface area contributed by atoms with E-state index in [2.05, 4.69) is 38.1 Å². The summed E-state index contributed by atoms with van der Waals surface area (Å²) in [4.78, 5) is 0. The van der Waals surface area contributed by atoms with Crippen LogP contribution in [0.25, 0.3) is 0 Å². The Hall–Kier alpha value is -1.96. The molecule has 2 rings (SSSR count). The fraction of sp³-hybridized carbons (Fsp3) is 0.429. The molecule has 0 aliphatic carbocycles. The number of hydrogen-bond donors (Lipinski definition) is 1. The first-order chi connectivity index (χ1) is 10.6. The largest absolute Gasteiger partial charge is 0.504 e. The molecule has 23 heavy (non-hydrogen) atoms. The van der Waals surface area contributed by atoms with Gasteiger partial charge in [-0.3, -0.25) is 0 Å². The number of aryl methyl sites for hydroxylation is 3. The summed E-state index contributed by atoms with van der Waals surface area (Å²) in [6.45, 7) is 4.43. The molecule has 0 heterocycles. The summed E-state index contributed by atoms with van der Waals surface area (Å²) in [7, 11) is 1.59. The maximum Gasteiger partial charge on any atom is 0.160 e. The topological polar surface area (TPSA) is 29.5 Å².